The molecular weight excluding hydrogens is 346 g/mol. The van der Waals surface area contributed by atoms with Crippen LogP contribution < -0.4 is 5.32 Å². The van der Waals surface area contributed by atoms with Crippen molar-refractivity contribution in [3.8, 4) is 0 Å². The third-order valence-electron chi connectivity index (χ3n) is 3.90. The van der Waals surface area contributed by atoms with Crippen molar-refractivity contribution in [2.45, 2.75) is 32.7 Å². The normalized spacial score (nSPS) is 17.8. The summed E-state index contributed by atoms with van der Waals surface area (Å²) < 4.78 is 6.37. The zero-order valence-electron chi connectivity index (χ0n) is 12.6. The van der Waals surface area contributed by atoms with E-state index in [0.717, 1.165) is 46.6 Å². The number of hydrogen-bond donors (Lipinski definition) is 1. The third kappa shape index (κ3) is 3.02. The van der Waals surface area contributed by atoms with Gasteiger partial charge in [-0.3, -0.25) is 0 Å². The molecule has 0 saturated carbocycles. The van der Waals surface area contributed by atoms with Crippen LogP contribution in [0.5, 0.6) is 0 Å². The number of halogens is 1. The molecule has 1 aliphatic rings. The summed E-state index contributed by atoms with van der Waals surface area (Å²) in [5.74, 6) is 0.761. The fourth-order valence-corrected chi connectivity index (χ4v) is 3.01. The van der Waals surface area contributed by atoms with Gasteiger partial charge in [-0.2, -0.15) is 0 Å². The first kappa shape index (κ1) is 15.1. The molecule has 0 aliphatic carbocycles. The van der Waals surface area contributed by atoms with Crippen LogP contribution in [0.15, 0.2) is 33.3 Å². The molecule has 116 valence electrons. The molecule has 0 spiro atoms. The van der Waals surface area contributed by atoms with Gasteiger partial charge in [0.2, 0.25) is 0 Å². The Balaban J connectivity index is 1.74. The molecule has 2 amide bonds. The van der Waals surface area contributed by atoms with E-state index in [2.05, 4.69) is 26.4 Å². The summed E-state index contributed by atoms with van der Waals surface area (Å²) in [6.07, 6.45) is 1.87. The second-order valence-electron chi connectivity index (χ2n) is 5.62. The Kier molecular flexibility index (Phi) is 4.20. The lowest BCUT2D eigenvalue weighted by atomic mass is 10.1. The number of hydrogen-bond acceptors (Lipinski definition) is 3. The lowest BCUT2D eigenvalue weighted by molar-refractivity contribution is 0.195. The summed E-state index contributed by atoms with van der Waals surface area (Å²) in [6.45, 7) is 4.61. The van der Waals surface area contributed by atoms with Gasteiger partial charge in [-0.1, -0.05) is 21.1 Å². The number of urea groups is 1. The van der Waals surface area contributed by atoms with Gasteiger partial charge in [-0.25, -0.2) is 4.79 Å². The number of carbonyl (C=O) groups excluding carboxylic acids is 1. The van der Waals surface area contributed by atoms with Crippen molar-refractivity contribution in [3.63, 3.8) is 0 Å². The van der Waals surface area contributed by atoms with E-state index in [-0.39, 0.29) is 12.1 Å². The Morgan fingerprint density at radius 3 is 2.91 bits per heavy atom. The number of anilines is 1. The van der Waals surface area contributed by atoms with E-state index in [1.165, 1.54) is 0 Å². The van der Waals surface area contributed by atoms with Crippen LogP contribution in [0.3, 0.4) is 0 Å². The topological polar surface area (TPSA) is 58.4 Å². The molecule has 0 radical (unpaired) electrons. The second-order valence-corrected chi connectivity index (χ2v) is 6.47. The minimum atomic E-state index is -0.0988. The molecule has 3 rings (SSSR count). The highest BCUT2D eigenvalue weighted by Crippen LogP contribution is 2.33. The van der Waals surface area contributed by atoms with E-state index in [0.29, 0.717) is 0 Å². The number of nitrogens with zero attached hydrogens (tertiary/aromatic N) is 2. The highest BCUT2D eigenvalue weighted by molar-refractivity contribution is 9.10. The Hall–Kier alpha value is -1.82. The van der Waals surface area contributed by atoms with E-state index < -0.39 is 0 Å². The highest BCUT2D eigenvalue weighted by Gasteiger charge is 2.32. The molecule has 2 aromatic rings. The van der Waals surface area contributed by atoms with E-state index in [1.807, 2.05) is 43.0 Å². The van der Waals surface area contributed by atoms with Gasteiger partial charge < -0.3 is 14.7 Å². The molecule has 2 heterocycles. The molecule has 1 saturated heterocycles. The van der Waals surface area contributed by atoms with Crippen LogP contribution in [-0.4, -0.2) is 22.6 Å². The number of nitrogens with one attached hydrogen (secondary N) is 1. The van der Waals surface area contributed by atoms with Crippen LogP contribution in [0.2, 0.25) is 0 Å². The summed E-state index contributed by atoms with van der Waals surface area (Å²) in [6, 6.07) is 7.55. The Morgan fingerprint density at radius 2 is 2.23 bits per heavy atom. The summed E-state index contributed by atoms with van der Waals surface area (Å²) >= 11 is 3.46. The molecule has 0 unspecified atom stereocenters. The van der Waals surface area contributed by atoms with Gasteiger partial charge in [0.15, 0.2) is 5.76 Å². The van der Waals surface area contributed by atoms with Gasteiger partial charge in [-0.15, -0.1) is 0 Å². The van der Waals surface area contributed by atoms with E-state index in [9.17, 15) is 4.79 Å². The predicted octanol–water partition coefficient (Wildman–Crippen LogP) is 4.42. The second kappa shape index (κ2) is 6.12. The predicted molar refractivity (Wildman–Crippen MR) is 87.8 cm³/mol. The van der Waals surface area contributed by atoms with Crippen molar-refractivity contribution in [2.24, 2.45) is 0 Å². The lowest BCUT2D eigenvalue weighted by Gasteiger charge is -2.23. The monoisotopic (exact) mass is 363 g/mol. The van der Waals surface area contributed by atoms with Gasteiger partial charge in [-0.05, 0) is 50.5 Å². The standard InChI is InChI=1S/C16H18BrN3O2/c1-10-8-12(5-6-13(10)17)18-16(21)20-7-3-4-14(20)15-9-11(2)19-22-15/h5-6,8-9,14H,3-4,7H2,1-2H3,(H,18,21)/t14-/m0/s1. The first-order valence-electron chi connectivity index (χ1n) is 7.31. The Labute approximate surface area is 137 Å². The zero-order valence-corrected chi connectivity index (χ0v) is 14.2. The molecule has 0 bridgehead atoms. The molecule has 1 fully saturated rings. The average molecular weight is 364 g/mol. The smallest absolute Gasteiger partial charge is 0.322 e. The maximum atomic E-state index is 12.5. The molecule has 5 nitrogen and oxygen atoms in total. The molecular formula is C16H18BrN3O2. The Morgan fingerprint density at radius 1 is 1.41 bits per heavy atom. The number of aromatic nitrogens is 1. The minimum Gasteiger partial charge on any atom is -0.359 e. The largest absolute Gasteiger partial charge is 0.359 e. The van der Waals surface area contributed by atoms with Gasteiger partial charge in [0.1, 0.15) is 0 Å². The van der Waals surface area contributed by atoms with Crippen LogP contribution in [0.4, 0.5) is 10.5 Å². The molecule has 1 N–H and O–H groups in total. The highest BCUT2D eigenvalue weighted by atomic mass is 79.9. The van der Waals surface area contributed by atoms with Gasteiger partial charge >= 0.3 is 6.03 Å². The lowest BCUT2D eigenvalue weighted by Crippen LogP contribution is -2.34. The fraction of sp³-hybridized carbons (Fsp3) is 0.375. The summed E-state index contributed by atoms with van der Waals surface area (Å²) in [4.78, 5) is 14.4. The Bertz CT molecular complexity index is 698. The number of benzene rings is 1. The quantitative estimate of drug-likeness (QED) is 0.858. The van der Waals surface area contributed by atoms with E-state index in [4.69, 9.17) is 4.52 Å². The first-order valence-corrected chi connectivity index (χ1v) is 8.11. The first-order chi connectivity index (χ1) is 10.5. The number of amides is 2. The summed E-state index contributed by atoms with van der Waals surface area (Å²) in [5.41, 5.74) is 2.72. The zero-order chi connectivity index (χ0) is 15.7. The molecule has 1 aromatic heterocycles. The van der Waals surface area contributed by atoms with Gasteiger partial charge in [0.05, 0.1) is 11.7 Å². The summed E-state index contributed by atoms with van der Waals surface area (Å²) in [7, 11) is 0. The number of carbonyl (C=O) groups is 1. The fourth-order valence-electron chi connectivity index (χ4n) is 2.76. The summed E-state index contributed by atoms with van der Waals surface area (Å²) in [5, 5.41) is 6.88. The van der Waals surface area contributed by atoms with Crippen LogP contribution in [0.25, 0.3) is 0 Å². The molecule has 6 heteroatoms. The number of likely N-dealkylation sites (tertiary alicyclic amines) is 1. The van der Waals surface area contributed by atoms with Crippen LogP contribution >= 0.6 is 15.9 Å². The van der Waals surface area contributed by atoms with Crippen molar-refractivity contribution in [2.75, 3.05) is 11.9 Å². The molecule has 1 aliphatic heterocycles. The van der Waals surface area contributed by atoms with Crippen molar-refractivity contribution in [1.29, 1.82) is 0 Å². The van der Waals surface area contributed by atoms with Crippen LogP contribution in [0.1, 0.15) is 35.9 Å². The van der Waals surface area contributed by atoms with Gasteiger partial charge in [0, 0.05) is 22.8 Å². The van der Waals surface area contributed by atoms with E-state index >= 15 is 0 Å². The number of aryl methyl sites for hydroxylation is 2. The maximum Gasteiger partial charge on any atom is 0.322 e. The average Bonchev–Trinajstić information content (AvgIpc) is 3.11. The van der Waals surface area contributed by atoms with Crippen molar-refractivity contribution >= 4 is 27.6 Å². The van der Waals surface area contributed by atoms with Crippen LogP contribution in [0, 0.1) is 13.8 Å². The molecule has 1 atom stereocenters. The SMILES string of the molecule is Cc1cc([C@@H]2CCCN2C(=O)Nc2ccc(Br)c(C)c2)on1. The number of rotatable bonds is 2. The maximum absolute atomic E-state index is 12.5. The van der Waals surface area contributed by atoms with Crippen molar-refractivity contribution in [3.05, 3.63) is 45.8 Å². The van der Waals surface area contributed by atoms with Crippen molar-refractivity contribution < 1.29 is 9.32 Å². The van der Waals surface area contributed by atoms with E-state index in [1.54, 1.807) is 0 Å². The minimum absolute atomic E-state index is 0.0299. The molecule has 1 aromatic carbocycles. The third-order valence-corrected chi connectivity index (χ3v) is 4.79. The van der Waals surface area contributed by atoms with Gasteiger partial charge in [0.25, 0.3) is 0 Å². The van der Waals surface area contributed by atoms with Crippen LogP contribution in [-0.2, 0) is 0 Å². The molecule has 22 heavy (non-hydrogen) atoms. The van der Waals surface area contributed by atoms with Crippen molar-refractivity contribution in [1.82, 2.24) is 10.1 Å².